The highest BCUT2D eigenvalue weighted by Gasteiger charge is 2.70. The molecule has 2 aromatic rings. The summed E-state index contributed by atoms with van der Waals surface area (Å²) in [4.78, 5) is 68.5. The maximum absolute atomic E-state index is 14.2. The number of thiophene rings is 1. The maximum atomic E-state index is 14.2. The number of hydrogen-bond donors (Lipinski definition) is 3. The monoisotopic (exact) mass is 522 g/mol. The van der Waals surface area contributed by atoms with Gasteiger partial charge in [0.2, 0.25) is 23.6 Å². The number of primary amides is 1. The van der Waals surface area contributed by atoms with Gasteiger partial charge in [-0.3, -0.25) is 24.5 Å². The molecule has 4 amide bonds. The Hall–Kier alpha value is -3.57. The fourth-order valence-electron chi connectivity index (χ4n) is 6.47. The quantitative estimate of drug-likeness (QED) is 0.386. The lowest BCUT2D eigenvalue weighted by Gasteiger charge is -2.29. The molecule has 4 heterocycles. The summed E-state index contributed by atoms with van der Waals surface area (Å²) in [6.45, 7) is 1.87. The van der Waals surface area contributed by atoms with Crippen LogP contribution in [0, 0.1) is 11.8 Å². The number of carbonyl (C=O) groups excluding carboxylic acids is 5. The van der Waals surface area contributed by atoms with E-state index < -0.39 is 53.0 Å². The number of fused-ring (bicyclic) bond motifs is 5. The predicted octanol–water partition coefficient (Wildman–Crippen LogP) is 1.60. The Morgan fingerprint density at radius 2 is 1.97 bits per heavy atom. The lowest BCUT2D eigenvalue weighted by atomic mass is 9.76. The molecule has 4 atom stereocenters. The Morgan fingerprint density at radius 3 is 2.73 bits per heavy atom. The van der Waals surface area contributed by atoms with Crippen LogP contribution in [0.15, 0.2) is 24.3 Å². The van der Waals surface area contributed by atoms with E-state index in [1.807, 2.05) is 0 Å². The van der Waals surface area contributed by atoms with Crippen molar-refractivity contribution < 1.29 is 28.7 Å². The summed E-state index contributed by atoms with van der Waals surface area (Å²) in [6.07, 6.45) is 2.50. The Kier molecular flexibility index (Phi) is 5.46. The molecule has 37 heavy (non-hydrogen) atoms. The summed E-state index contributed by atoms with van der Waals surface area (Å²) in [6, 6.07) is 6.42. The summed E-state index contributed by atoms with van der Waals surface area (Å²) >= 11 is 1.27. The normalized spacial score (nSPS) is 27.4. The van der Waals surface area contributed by atoms with Gasteiger partial charge in [0.15, 0.2) is 0 Å². The number of imide groups is 1. The van der Waals surface area contributed by atoms with E-state index in [0.717, 1.165) is 28.2 Å². The molecule has 192 valence electrons. The first kappa shape index (κ1) is 23.8. The molecule has 1 spiro atoms. The van der Waals surface area contributed by atoms with Crippen LogP contribution in [0.2, 0.25) is 0 Å². The van der Waals surface area contributed by atoms with Gasteiger partial charge in [0.05, 0.1) is 24.0 Å². The molecule has 10 nitrogen and oxygen atoms in total. The number of hydrogen-bond acceptors (Lipinski definition) is 8. The van der Waals surface area contributed by atoms with Crippen molar-refractivity contribution in [3.05, 3.63) is 45.8 Å². The predicted molar refractivity (Wildman–Crippen MR) is 134 cm³/mol. The Bertz CT molecular complexity index is 1390. The summed E-state index contributed by atoms with van der Waals surface area (Å²) in [7, 11) is 0. The van der Waals surface area contributed by atoms with Crippen molar-refractivity contribution >= 4 is 51.6 Å². The van der Waals surface area contributed by atoms with E-state index >= 15 is 0 Å². The SMILES string of the molecule is CCOC(=O)c1c(N2C(=O)[C@H]3[C@@H](C2=O)[C@@]2(N[C@@H]3CCC(N)=O)C(=O)Nc3ccccc32)sc2c1CCC2. The van der Waals surface area contributed by atoms with Crippen LogP contribution in [-0.4, -0.2) is 42.2 Å². The van der Waals surface area contributed by atoms with Crippen molar-refractivity contribution in [1.82, 2.24) is 5.32 Å². The number of anilines is 2. The summed E-state index contributed by atoms with van der Waals surface area (Å²) in [5.74, 6) is -4.50. The zero-order valence-corrected chi connectivity index (χ0v) is 21.0. The molecular formula is C26H26N4O6S. The van der Waals surface area contributed by atoms with Crippen LogP contribution in [0.3, 0.4) is 0 Å². The zero-order valence-electron chi connectivity index (χ0n) is 20.2. The second-order valence-electron chi connectivity index (χ2n) is 9.84. The van der Waals surface area contributed by atoms with E-state index in [2.05, 4.69) is 10.6 Å². The van der Waals surface area contributed by atoms with Gasteiger partial charge in [0, 0.05) is 28.6 Å². The molecule has 6 rings (SSSR count). The third-order valence-electron chi connectivity index (χ3n) is 7.91. The van der Waals surface area contributed by atoms with Crippen molar-refractivity contribution in [3.8, 4) is 0 Å². The Balaban J connectivity index is 1.49. The van der Waals surface area contributed by atoms with Gasteiger partial charge in [-0.2, -0.15) is 0 Å². The van der Waals surface area contributed by atoms with Crippen molar-refractivity contribution in [1.29, 1.82) is 0 Å². The fourth-order valence-corrected chi connectivity index (χ4v) is 7.85. The summed E-state index contributed by atoms with van der Waals surface area (Å²) < 4.78 is 5.31. The van der Waals surface area contributed by atoms with Crippen LogP contribution < -0.4 is 21.3 Å². The van der Waals surface area contributed by atoms with E-state index in [1.165, 1.54) is 11.3 Å². The molecular weight excluding hydrogens is 496 g/mol. The molecule has 1 aliphatic carbocycles. The Morgan fingerprint density at radius 1 is 1.19 bits per heavy atom. The Labute approximate surface area is 216 Å². The number of ether oxygens (including phenoxy) is 1. The van der Waals surface area contributed by atoms with Gasteiger partial charge in [0.25, 0.3) is 0 Å². The topological polar surface area (TPSA) is 148 Å². The van der Waals surface area contributed by atoms with Crippen LogP contribution in [0.5, 0.6) is 0 Å². The smallest absolute Gasteiger partial charge is 0.341 e. The van der Waals surface area contributed by atoms with Gasteiger partial charge in [-0.25, -0.2) is 9.69 Å². The molecule has 0 radical (unpaired) electrons. The zero-order chi connectivity index (χ0) is 26.1. The van der Waals surface area contributed by atoms with Crippen molar-refractivity contribution in [3.63, 3.8) is 0 Å². The van der Waals surface area contributed by atoms with E-state index in [4.69, 9.17) is 10.5 Å². The molecule has 0 saturated carbocycles. The second-order valence-corrected chi connectivity index (χ2v) is 10.9. The van der Waals surface area contributed by atoms with Crippen LogP contribution in [0.25, 0.3) is 0 Å². The standard InChI is InChI=1S/C26H26N4O6S/c1-2-36-24(34)18-12-6-5-9-16(12)37-23(18)30-21(32)19-15(10-11-17(27)31)29-26(20(19)22(30)33)13-7-3-4-8-14(13)28-25(26)35/h3-4,7-8,15,19-20,29H,2,5-6,9-11H2,1H3,(H2,27,31)(H,28,35)/t15-,19-,20+,26-/m1/s1. The molecule has 2 saturated heterocycles. The lowest BCUT2D eigenvalue weighted by Crippen LogP contribution is -2.53. The molecule has 3 aliphatic heterocycles. The third kappa shape index (κ3) is 3.23. The van der Waals surface area contributed by atoms with Crippen LogP contribution in [0.1, 0.15) is 52.5 Å². The highest BCUT2D eigenvalue weighted by Crippen LogP contribution is 2.55. The van der Waals surface area contributed by atoms with E-state index in [0.29, 0.717) is 17.7 Å². The third-order valence-corrected chi connectivity index (χ3v) is 9.19. The molecule has 4 aliphatic rings. The molecule has 4 N–H and O–H groups in total. The van der Waals surface area contributed by atoms with Gasteiger partial charge >= 0.3 is 5.97 Å². The molecule has 1 aromatic carbocycles. The number of nitrogens with two attached hydrogens (primary N) is 1. The summed E-state index contributed by atoms with van der Waals surface area (Å²) in [5.41, 5.74) is 6.17. The lowest BCUT2D eigenvalue weighted by molar-refractivity contribution is -0.130. The van der Waals surface area contributed by atoms with Crippen LogP contribution in [-0.2, 0) is 42.3 Å². The van der Waals surface area contributed by atoms with Gasteiger partial charge in [0.1, 0.15) is 10.5 Å². The van der Waals surface area contributed by atoms with E-state index in [9.17, 15) is 24.0 Å². The average Bonchev–Trinajstić information content (AvgIpc) is 3.63. The van der Waals surface area contributed by atoms with Gasteiger partial charge < -0.3 is 15.8 Å². The molecule has 0 bridgehead atoms. The van der Waals surface area contributed by atoms with Gasteiger partial charge in [-0.1, -0.05) is 18.2 Å². The minimum Gasteiger partial charge on any atom is -0.462 e. The first-order valence-corrected chi connectivity index (χ1v) is 13.3. The minimum atomic E-state index is -1.48. The molecule has 11 heteroatoms. The molecule has 2 fully saturated rings. The minimum absolute atomic E-state index is 0.0108. The molecule has 1 aromatic heterocycles. The van der Waals surface area contributed by atoms with Crippen LogP contribution >= 0.6 is 11.3 Å². The van der Waals surface area contributed by atoms with Gasteiger partial charge in [-0.05, 0) is 44.2 Å². The number of benzene rings is 1. The van der Waals surface area contributed by atoms with Gasteiger partial charge in [-0.15, -0.1) is 11.3 Å². The number of aryl methyl sites for hydroxylation is 1. The number of rotatable bonds is 6. The van der Waals surface area contributed by atoms with Crippen LogP contribution in [0.4, 0.5) is 10.7 Å². The van der Waals surface area contributed by atoms with Crippen molar-refractivity contribution in [2.24, 2.45) is 17.6 Å². The summed E-state index contributed by atoms with van der Waals surface area (Å²) in [5, 5.41) is 6.40. The first-order chi connectivity index (χ1) is 17.8. The fraction of sp³-hybridized carbons (Fsp3) is 0.423. The van der Waals surface area contributed by atoms with Crippen molar-refractivity contribution in [2.45, 2.75) is 50.6 Å². The first-order valence-electron chi connectivity index (χ1n) is 12.5. The number of para-hydroxylation sites is 1. The van der Waals surface area contributed by atoms with E-state index in [1.54, 1.807) is 31.2 Å². The number of nitrogens with one attached hydrogen (secondary N) is 2. The van der Waals surface area contributed by atoms with Crippen molar-refractivity contribution in [2.75, 3.05) is 16.8 Å². The largest absolute Gasteiger partial charge is 0.462 e. The second kappa shape index (κ2) is 8.49. The number of nitrogens with zero attached hydrogens (tertiary/aromatic N) is 1. The highest BCUT2D eigenvalue weighted by atomic mass is 32.1. The highest BCUT2D eigenvalue weighted by molar-refractivity contribution is 7.17. The number of carbonyl (C=O) groups is 5. The maximum Gasteiger partial charge on any atom is 0.341 e. The number of esters is 1. The number of amides is 4. The average molecular weight is 523 g/mol. The van der Waals surface area contributed by atoms with E-state index in [-0.39, 0.29) is 30.0 Å². The molecule has 0 unspecified atom stereocenters.